The molecule has 1 atom stereocenters. The van der Waals surface area contributed by atoms with Crippen molar-refractivity contribution in [3.05, 3.63) is 59.7 Å². The minimum atomic E-state index is -0.370. The number of phenolic OH excluding ortho intramolecular Hbond substituents is 2. The maximum atomic E-state index is 9.35. The number of benzene rings is 2. The van der Waals surface area contributed by atoms with E-state index in [1.807, 2.05) is 30.3 Å². The first-order chi connectivity index (χ1) is 12.5. The predicted molar refractivity (Wildman–Crippen MR) is 105 cm³/mol. The Hall–Kier alpha value is -2.04. The van der Waals surface area contributed by atoms with Crippen molar-refractivity contribution in [1.82, 2.24) is 0 Å². The molecule has 0 saturated heterocycles. The Labute approximate surface area is 156 Å². The molecule has 4 N–H and O–H groups in total. The Kier molecular flexibility index (Phi) is 11.2. The van der Waals surface area contributed by atoms with Crippen LogP contribution in [0.25, 0.3) is 0 Å². The number of aliphatic hydroxyl groups excluding tert-OH is 2. The molecule has 0 aliphatic rings. The lowest BCUT2D eigenvalue weighted by molar-refractivity contribution is 0.125. The summed E-state index contributed by atoms with van der Waals surface area (Å²) in [5.41, 5.74) is 2.24. The average Bonchev–Trinajstić information content (AvgIpc) is 2.61. The highest BCUT2D eigenvalue weighted by Crippen LogP contribution is 2.21. The molecule has 1 unspecified atom stereocenters. The second-order valence-electron chi connectivity index (χ2n) is 6.51. The third-order valence-corrected chi connectivity index (χ3v) is 4.10. The second kappa shape index (κ2) is 13.2. The van der Waals surface area contributed by atoms with Gasteiger partial charge in [-0.1, -0.05) is 50.1 Å². The summed E-state index contributed by atoms with van der Waals surface area (Å²) in [4.78, 5) is 0. The quantitative estimate of drug-likeness (QED) is 0.505. The molecule has 0 aliphatic carbocycles. The van der Waals surface area contributed by atoms with Crippen molar-refractivity contribution in [2.75, 3.05) is 6.61 Å². The summed E-state index contributed by atoms with van der Waals surface area (Å²) >= 11 is 0. The van der Waals surface area contributed by atoms with Crippen LogP contribution in [0, 0.1) is 0 Å². The van der Waals surface area contributed by atoms with E-state index in [1.165, 1.54) is 24.5 Å². The molecule has 0 aliphatic heterocycles. The third-order valence-electron chi connectivity index (χ3n) is 4.10. The lowest BCUT2D eigenvalue weighted by Crippen LogP contribution is -2.09. The third kappa shape index (κ3) is 10.1. The smallest absolute Gasteiger partial charge is 0.119 e. The molecule has 26 heavy (non-hydrogen) atoms. The number of hydrogen-bond acceptors (Lipinski definition) is 4. The summed E-state index contributed by atoms with van der Waals surface area (Å²) in [6.07, 6.45) is 6.13. The van der Waals surface area contributed by atoms with Crippen molar-refractivity contribution in [1.29, 1.82) is 0 Å². The Balaban J connectivity index is 0.000000260. The first-order valence-corrected chi connectivity index (χ1v) is 9.40. The van der Waals surface area contributed by atoms with Crippen LogP contribution in [-0.4, -0.2) is 33.1 Å². The number of aliphatic hydroxyl groups is 2. The van der Waals surface area contributed by atoms with Gasteiger partial charge in [-0.25, -0.2) is 0 Å². The van der Waals surface area contributed by atoms with Crippen molar-refractivity contribution < 1.29 is 20.4 Å². The van der Waals surface area contributed by atoms with E-state index >= 15 is 0 Å². The monoisotopic (exact) mass is 360 g/mol. The largest absolute Gasteiger partial charge is 0.508 e. The summed E-state index contributed by atoms with van der Waals surface area (Å²) in [5.74, 6) is 0.290. The summed E-state index contributed by atoms with van der Waals surface area (Å²) in [6.45, 7) is 2.22. The zero-order valence-corrected chi connectivity index (χ0v) is 15.6. The SMILES string of the molecule is CCCCCc1cc(O)cc(O)c1.OCCC(O)CCc1ccccc1. The van der Waals surface area contributed by atoms with Crippen LogP contribution in [0.1, 0.15) is 50.2 Å². The van der Waals surface area contributed by atoms with Gasteiger partial charge in [-0.2, -0.15) is 0 Å². The molecule has 0 bridgehead atoms. The Morgan fingerprint density at radius 2 is 1.46 bits per heavy atom. The minimum absolute atomic E-state index is 0.0654. The molecular formula is C22H32O4. The molecular weight excluding hydrogens is 328 g/mol. The molecule has 0 saturated carbocycles. The number of aryl methyl sites for hydroxylation is 2. The van der Waals surface area contributed by atoms with E-state index in [0.29, 0.717) is 6.42 Å². The van der Waals surface area contributed by atoms with Gasteiger partial charge < -0.3 is 20.4 Å². The lowest BCUT2D eigenvalue weighted by Gasteiger charge is -2.07. The number of aromatic hydroxyl groups is 2. The normalized spacial score (nSPS) is 11.5. The van der Waals surface area contributed by atoms with Gasteiger partial charge in [0.2, 0.25) is 0 Å². The summed E-state index contributed by atoms with van der Waals surface area (Å²) in [7, 11) is 0. The second-order valence-corrected chi connectivity index (χ2v) is 6.51. The van der Waals surface area contributed by atoms with Gasteiger partial charge in [-0.05, 0) is 55.4 Å². The van der Waals surface area contributed by atoms with E-state index in [-0.39, 0.29) is 24.2 Å². The number of phenols is 2. The van der Waals surface area contributed by atoms with Gasteiger partial charge in [-0.3, -0.25) is 0 Å². The molecule has 0 radical (unpaired) electrons. The van der Waals surface area contributed by atoms with Gasteiger partial charge in [0.05, 0.1) is 6.10 Å². The molecule has 144 valence electrons. The van der Waals surface area contributed by atoms with E-state index in [2.05, 4.69) is 6.92 Å². The van der Waals surface area contributed by atoms with Crippen LogP contribution in [0.15, 0.2) is 48.5 Å². The molecule has 0 amide bonds. The van der Waals surface area contributed by atoms with Crippen molar-refractivity contribution in [2.45, 2.75) is 58.0 Å². The standard InChI is InChI=1S/2C11H16O2/c1-2-3-4-5-9-6-10(12)8-11(13)7-9;12-9-8-11(13)7-6-10-4-2-1-3-5-10/h6-8,12-13H,2-5H2,1H3;1-5,11-13H,6-9H2. The van der Waals surface area contributed by atoms with Crippen LogP contribution in [0.3, 0.4) is 0 Å². The molecule has 2 aromatic rings. The zero-order chi connectivity index (χ0) is 19.2. The maximum Gasteiger partial charge on any atom is 0.119 e. The van der Waals surface area contributed by atoms with Crippen LogP contribution in [-0.2, 0) is 12.8 Å². The topological polar surface area (TPSA) is 80.9 Å². The van der Waals surface area contributed by atoms with E-state index < -0.39 is 0 Å². The van der Waals surface area contributed by atoms with Gasteiger partial charge >= 0.3 is 0 Å². The first kappa shape index (κ1) is 22.0. The summed E-state index contributed by atoms with van der Waals surface area (Å²) < 4.78 is 0. The molecule has 2 aromatic carbocycles. The predicted octanol–water partition coefficient (Wildman–Crippen LogP) is 4.19. The van der Waals surface area contributed by atoms with E-state index in [4.69, 9.17) is 5.11 Å². The van der Waals surface area contributed by atoms with Crippen molar-refractivity contribution in [3.8, 4) is 11.5 Å². The Bertz CT molecular complexity index is 578. The Morgan fingerprint density at radius 3 is 2.04 bits per heavy atom. The van der Waals surface area contributed by atoms with Crippen LogP contribution in [0.4, 0.5) is 0 Å². The van der Waals surface area contributed by atoms with Crippen LogP contribution >= 0.6 is 0 Å². The zero-order valence-electron chi connectivity index (χ0n) is 15.6. The fourth-order valence-corrected chi connectivity index (χ4v) is 2.65. The van der Waals surface area contributed by atoms with Gasteiger partial charge in [0, 0.05) is 12.7 Å². The van der Waals surface area contributed by atoms with Gasteiger partial charge in [0.15, 0.2) is 0 Å². The average molecular weight is 360 g/mol. The molecule has 0 heterocycles. The Morgan fingerprint density at radius 1 is 0.808 bits per heavy atom. The van der Waals surface area contributed by atoms with Gasteiger partial charge in [0.25, 0.3) is 0 Å². The fraction of sp³-hybridized carbons (Fsp3) is 0.455. The highest BCUT2D eigenvalue weighted by Gasteiger charge is 2.02. The molecule has 4 nitrogen and oxygen atoms in total. The number of rotatable bonds is 9. The van der Waals surface area contributed by atoms with Crippen molar-refractivity contribution in [3.63, 3.8) is 0 Å². The van der Waals surface area contributed by atoms with Gasteiger partial charge in [0.1, 0.15) is 11.5 Å². The number of unbranched alkanes of at least 4 members (excludes halogenated alkanes) is 2. The molecule has 0 aromatic heterocycles. The lowest BCUT2D eigenvalue weighted by atomic mass is 10.1. The van der Waals surface area contributed by atoms with Crippen LogP contribution in [0.5, 0.6) is 11.5 Å². The first-order valence-electron chi connectivity index (χ1n) is 9.40. The molecule has 2 rings (SSSR count). The van der Waals surface area contributed by atoms with Gasteiger partial charge in [-0.15, -0.1) is 0 Å². The van der Waals surface area contributed by atoms with Crippen LogP contribution in [0.2, 0.25) is 0 Å². The van der Waals surface area contributed by atoms with E-state index in [1.54, 1.807) is 12.1 Å². The summed E-state index contributed by atoms with van der Waals surface area (Å²) in [5, 5.41) is 36.3. The highest BCUT2D eigenvalue weighted by molar-refractivity contribution is 5.36. The van der Waals surface area contributed by atoms with E-state index in [9.17, 15) is 15.3 Å². The van der Waals surface area contributed by atoms with Crippen molar-refractivity contribution in [2.24, 2.45) is 0 Å². The fourth-order valence-electron chi connectivity index (χ4n) is 2.65. The molecule has 0 spiro atoms. The molecule has 4 heteroatoms. The van der Waals surface area contributed by atoms with E-state index in [0.717, 1.165) is 31.2 Å². The number of hydrogen-bond donors (Lipinski definition) is 4. The molecule has 0 fully saturated rings. The minimum Gasteiger partial charge on any atom is -0.508 e. The van der Waals surface area contributed by atoms with Crippen molar-refractivity contribution >= 4 is 0 Å². The summed E-state index contributed by atoms with van der Waals surface area (Å²) in [6, 6.07) is 14.8. The van der Waals surface area contributed by atoms with Crippen LogP contribution < -0.4 is 0 Å². The maximum absolute atomic E-state index is 9.35. The highest BCUT2D eigenvalue weighted by atomic mass is 16.3.